The van der Waals surface area contributed by atoms with Crippen LogP contribution in [0.4, 0.5) is 0 Å². The van der Waals surface area contributed by atoms with Gasteiger partial charge in [0.05, 0.1) is 5.56 Å². The normalized spacial score (nSPS) is 10.4. The average Bonchev–Trinajstić information content (AvgIpc) is 2.40. The van der Waals surface area contributed by atoms with Gasteiger partial charge in [-0.2, -0.15) is 0 Å². The Hall–Kier alpha value is -1.39. The zero-order valence-corrected chi connectivity index (χ0v) is 14.1. The molecule has 2 nitrogen and oxygen atoms in total. The fourth-order valence-corrected chi connectivity index (χ4v) is 2.50. The minimum atomic E-state index is 0.323. The molecule has 0 saturated carbocycles. The third kappa shape index (κ3) is 3.02. The number of nitrogens with two attached hydrogens (primary N) is 1. The Morgan fingerprint density at radius 2 is 1.75 bits per heavy atom. The molecule has 0 aliphatic rings. The van der Waals surface area contributed by atoms with Crippen LogP contribution in [-0.4, -0.2) is 4.99 Å². The first-order valence-electron chi connectivity index (χ1n) is 6.24. The first kappa shape index (κ1) is 15.0. The number of hydrogen-bond donors (Lipinski definition) is 1. The lowest BCUT2D eigenvalue weighted by Gasteiger charge is -2.16. The van der Waals surface area contributed by atoms with Crippen LogP contribution in [0.1, 0.15) is 22.3 Å². The molecule has 2 N–H and O–H groups in total. The van der Waals surface area contributed by atoms with E-state index >= 15 is 0 Å². The molecule has 0 bridgehead atoms. The van der Waals surface area contributed by atoms with E-state index in [1.807, 2.05) is 25.1 Å². The summed E-state index contributed by atoms with van der Waals surface area (Å²) in [6, 6.07) is 9.81. The molecule has 0 amide bonds. The lowest BCUT2D eigenvalue weighted by atomic mass is 10.1. The Labute approximate surface area is 133 Å². The van der Waals surface area contributed by atoms with Crippen molar-refractivity contribution in [1.29, 1.82) is 0 Å². The summed E-state index contributed by atoms with van der Waals surface area (Å²) in [7, 11) is 0. The fraction of sp³-hybridized carbons (Fsp3) is 0.188. The van der Waals surface area contributed by atoms with Crippen molar-refractivity contribution in [2.24, 2.45) is 5.73 Å². The Morgan fingerprint density at radius 1 is 1.10 bits per heavy atom. The molecule has 2 aromatic rings. The molecule has 2 aromatic carbocycles. The SMILES string of the molecule is Cc1ccc(C)c(Oc2ccc(Br)cc2C(N)=S)c1C. The summed E-state index contributed by atoms with van der Waals surface area (Å²) < 4.78 is 7.00. The summed E-state index contributed by atoms with van der Waals surface area (Å²) in [4.78, 5) is 0.323. The lowest BCUT2D eigenvalue weighted by molar-refractivity contribution is 0.473. The average molecular weight is 350 g/mol. The van der Waals surface area contributed by atoms with Gasteiger partial charge in [-0.15, -0.1) is 0 Å². The molecule has 0 unspecified atom stereocenters. The molecule has 0 heterocycles. The van der Waals surface area contributed by atoms with Gasteiger partial charge in [-0.3, -0.25) is 0 Å². The van der Waals surface area contributed by atoms with Crippen molar-refractivity contribution < 1.29 is 4.74 Å². The van der Waals surface area contributed by atoms with Gasteiger partial charge in [0.2, 0.25) is 0 Å². The summed E-state index contributed by atoms with van der Waals surface area (Å²) in [5, 5.41) is 0. The van der Waals surface area contributed by atoms with Gasteiger partial charge in [0.1, 0.15) is 16.5 Å². The second-order valence-electron chi connectivity index (χ2n) is 4.76. The van der Waals surface area contributed by atoms with Crippen LogP contribution in [0.3, 0.4) is 0 Å². The Balaban J connectivity index is 2.51. The maximum atomic E-state index is 6.08. The highest BCUT2D eigenvalue weighted by atomic mass is 79.9. The van der Waals surface area contributed by atoms with E-state index in [-0.39, 0.29) is 0 Å². The second-order valence-corrected chi connectivity index (χ2v) is 6.12. The lowest BCUT2D eigenvalue weighted by Crippen LogP contribution is -2.11. The monoisotopic (exact) mass is 349 g/mol. The molecule has 0 radical (unpaired) electrons. The molecule has 0 fully saturated rings. The van der Waals surface area contributed by atoms with Gasteiger partial charge in [-0.1, -0.05) is 40.3 Å². The van der Waals surface area contributed by atoms with E-state index in [2.05, 4.69) is 41.9 Å². The highest BCUT2D eigenvalue weighted by molar-refractivity contribution is 9.10. The third-order valence-electron chi connectivity index (χ3n) is 3.29. The minimum absolute atomic E-state index is 0.323. The number of ether oxygens (including phenoxy) is 1. The molecule has 0 spiro atoms. The first-order valence-corrected chi connectivity index (χ1v) is 7.44. The van der Waals surface area contributed by atoms with Crippen LogP contribution < -0.4 is 10.5 Å². The minimum Gasteiger partial charge on any atom is -0.456 e. The Morgan fingerprint density at radius 3 is 2.40 bits per heavy atom. The summed E-state index contributed by atoms with van der Waals surface area (Å²) in [5.41, 5.74) is 9.91. The molecule has 2 rings (SSSR count). The summed E-state index contributed by atoms with van der Waals surface area (Å²) >= 11 is 8.51. The number of benzene rings is 2. The van der Waals surface area contributed by atoms with Crippen molar-refractivity contribution in [3.63, 3.8) is 0 Å². The number of thiocarbonyl (C=S) groups is 1. The predicted molar refractivity (Wildman–Crippen MR) is 90.8 cm³/mol. The van der Waals surface area contributed by atoms with Gasteiger partial charge in [0, 0.05) is 4.47 Å². The molecule has 0 atom stereocenters. The number of halogens is 1. The van der Waals surface area contributed by atoms with E-state index in [0.29, 0.717) is 10.7 Å². The van der Waals surface area contributed by atoms with Gasteiger partial charge in [0.15, 0.2) is 0 Å². The topological polar surface area (TPSA) is 35.2 Å². The van der Waals surface area contributed by atoms with Crippen LogP contribution in [0.5, 0.6) is 11.5 Å². The molecule has 0 aliphatic carbocycles. The van der Waals surface area contributed by atoms with Crippen LogP contribution in [0.15, 0.2) is 34.8 Å². The van der Waals surface area contributed by atoms with Crippen molar-refractivity contribution in [3.05, 3.63) is 57.1 Å². The second kappa shape index (κ2) is 5.94. The van der Waals surface area contributed by atoms with E-state index in [0.717, 1.165) is 26.9 Å². The van der Waals surface area contributed by atoms with E-state index in [9.17, 15) is 0 Å². The third-order valence-corrected chi connectivity index (χ3v) is 4.01. The van der Waals surface area contributed by atoms with E-state index < -0.39 is 0 Å². The highest BCUT2D eigenvalue weighted by Gasteiger charge is 2.12. The summed E-state index contributed by atoms with van der Waals surface area (Å²) in [6.07, 6.45) is 0. The smallest absolute Gasteiger partial charge is 0.137 e. The number of rotatable bonds is 3. The van der Waals surface area contributed by atoms with Gasteiger partial charge < -0.3 is 10.5 Å². The maximum Gasteiger partial charge on any atom is 0.137 e. The van der Waals surface area contributed by atoms with Crippen LogP contribution in [0, 0.1) is 20.8 Å². The van der Waals surface area contributed by atoms with Crippen molar-refractivity contribution >= 4 is 33.1 Å². The standard InChI is InChI=1S/C16H16BrNOS/c1-9-4-5-10(2)15(11(9)3)19-14-7-6-12(17)8-13(14)16(18)20/h4-8H,1-3H3,(H2,18,20). The largest absolute Gasteiger partial charge is 0.456 e. The predicted octanol–water partition coefficient (Wildman–Crippen LogP) is 4.80. The zero-order chi connectivity index (χ0) is 14.9. The fourth-order valence-electron chi connectivity index (χ4n) is 1.98. The molecule has 104 valence electrons. The molecular formula is C16H16BrNOS. The van der Waals surface area contributed by atoms with Crippen molar-refractivity contribution in [2.45, 2.75) is 20.8 Å². The van der Waals surface area contributed by atoms with E-state index in [1.54, 1.807) is 0 Å². The number of aryl methyl sites for hydroxylation is 2. The van der Waals surface area contributed by atoms with Crippen molar-refractivity contribution in [1.82, 2.24) is 0 Å². The number of hydrogen-bond acceptors (Lipinski definition) is 2. The van der Waals surface area contributed by atoms with Crippen LogP contribution in [0.25, 0.3) is 0 Å². The van der Waals surface area contributed by atoms with Gasteiger partial charge in [-0.05, 0) is 55.7 Å². The maximum absolute atomic E-state index is 6.08. The van der Waals surface area contributed by atoms with Gasteiger partial charge >= 0.3 is 0 Å². The van der Waals surface area contributed by atoms with Gasteiger partial charge in [-0.25, -0.2) is 0 Å². The van der Waals surface area contributed by atoms with Crippen LogP contribution >= 0.6 is 28.1 Å². The first-order chi connectivity index (χ1) is 9.40. The van der Waals surface area contributed by atoms with Crippen molar-refractivity contribution in [2.75, 3.05) is 0 Å². The molecule has 0 aliphatic heterocycles. The molecule has 4 heteroatoms. The van der Waals surface area contributed by atoms with E-state index in [4.69, 9.17) is 22.7 Å². The summed E-state index contributed by atoms with van der Waals surface area (Å²) in [6.45, 7) is 6.15. The van der Waals surface area contributed by atoms with Crippen LogP contribution in [-0.2, 0) is 0 Å². The quantitative estimate of drug-likeness (QED) is 0.808. The Kier molecular flexibility index (Phi) is 4.45. The molecular weight excluding hydrogens is 334 g/mol. The van der Waals surface area contributed by atoms with E-state index in [1.165, 1.54) is 5.56 Å². The molecule has 0 aromatic heterocycles. The van der Waals surface area contributed by atoms with Crippen molar-refractivity contribution in [3.8, 4) is 11.5 Å². The van der Waals surface area contributed by atoms with Gasteiger partial charge in [0.25, 0.3) is 0 Å². The molecule has 20 heavy (non-hydrogen) atoms. The molecule has 0 saturated heterocycles. The highest BCUT2D eigenvalue weighted by Crippen LogP contribution is 2.33. The summed E-state index contributed by atoms with van der Waals surface area (Å²) in [5.74, 6) is 1.54. The van der Waals surface area contributed by atoms with Crippen LogP contribution in [0.2, 0.25) is 0 Å². The Bertz CT molecular complexity index is 682. The zero-order valence-electron chi connectivity index (χ0n) is 11.7.